The van der Waals surface area contributed by atoms with Crippen molar-refractivity contribution in [2.24, 2.45) is 5.92 Å². The monoisotopic (exact) mass is 498 g/mol. The smallest absolute Gasteiger partial charge is 0.417 e. The van der Waals surface area contributed by atoms with E-state index in [0.717, 1.165) is 6.07 Å². The molecule has 1 aliphatic heterocycles. The predicted octanol–water partition coefficient (Wildman–Crippen LogP) is 5.00. The molecule has 0 aromatic heterocycles. The summed E-state index contributed by atoms with van der Waals surface area (Å²) in [4.78, 5) is 28.7. The lowest BCUT2D eigenvalue weighted by Crippen LogP contribution is -2.50. The second-order valence-electron chi connectivity index (χ2n) is 8.32. The molecule has 10 heteroatoms. The maximum atomic E-state index is 13.3. The Bertz CT molecular complexity index is 1050. The molecule has 6 nitrogen and oxygen atoms in total. The van der Waals surface area contributed by atoms with E-state index in [0.29, 0.717) is 23.7 Å². The summed E-state index contributed by atoms with van der Waals surface area (Å²) in [7, 11) is 1.45. The predicted molar refractivity (Wildman–Crippen MR) is 122 cm³/mol. The van der Waals surface area contributed by atoms with E-state index in [2.05, 4.69) is 0 Å². The van der Waals surface area contributed by atoms with Gasteiger partial charge in [0.05, 0.1) is 29.9 Å². The van der Waals surface area contributed by atoms with Crippen molar-refractivity contribution in [3.8, 4) is 11.5 Å². The van der Waals surface area contributed by atoms with E-state index >= 15 is 0 Å². The Balaban J connectivity index is 1.71. The van der Waals surface area contributed by atoms with E-state index in [-0.39, 0.29) is 43.0 Å². The first kappa shape index (κ1) is 25.7. The van der Waals surface area contributed by atoms with Crippen LogP contribution in [0.4, 0.5) is 13.2 Å². The van der Waals surface area contributed by atoms with E-state index in [1.54, 1.807) is 6.07 Å². The van der Waals surface area contributed by atoms with Crippen molar-refractivity contribution in [2.75, 3.05) is 39.9 Å². The van der Waals surface area contributed by atoms with Gasteiger partial charge in [-0.3, -0.25) is 9.59 Å². The Hall–Kier alpha value is -2.94. The molecule has 0 radical (unpaired) electrons. The molecule has 0 unspecified atom stereocenters. The minimum absolute atomic E-state index is 0.108. The number of halogens is 4. The van der Waals surface area contributed by atoms with Crippen LogP contribution in [0.3, 0.4) is 0 Å². The van der Waals surface area contributed by atoms with E-state index in [4.69, 9.17) is 21.1 Å². The molecule has 1 fully saturated rings. The number of amides is 2. The molecule has 0 saturated carbocycles. The van der Waals surface area contributed by atoms with E-state index in [1.165, 1.54) is 41.2 Å². The Morgan fingerprint density at radius 1 is 1.03 bits per heavy atom. The SMILES string of the molecule is COc1cc(C(=O)N2CCN(C(=O)c3ccccc3C(F)(F)F)CC2)cc(Cl)c1OCC(C)C. The van der Waals surface area contributed by atoms with Gasteiger partial charge in [0.15, 0.2) is 11.5 Å². The van der Waals surface area contributed by atoms with Gasteiger partial charge in [0.2, 0.25) is 0 Å². The molecule has 2 aromatic carbocycles. The Morgan fingerprint density at radius 3 is 2.18 bits per heavy atom. The Kier molecular flexibility index (Phi) is 7.97. The first-order chi connectivity index (χ1) is 16.0. The zero-order chi connectivity index (χ0) is 25.0. The fraction of sp³-hybridized carbons (Fsp3) is 0.417. The van der Waals surface area contributed by atoms with Crippen molar-refractivity contribution in [1.29, 1.82) is 0 Å². The molecule has 0 spiro atoms. The summed E-state index contributed by atoms with van der Waals surface area (Å²) in [6.07, 6.45) is -4.63. The number of methoxy groups -OCH3 is 1. The van der Waals surface area contributed by atoms with Crippen molar-refractivity contribution >= 4 is 23.4 Å². The fourth-order valence-electron chi connectivity index (χ4n) is 3.62. The highest BCUT2D eigenvalue weighted by atomic mass is 35.5. The fourth-order valence-corrected chi connectivity index (χ4v) is 3.88. The molecule has 34 heavy (non-hydrogen) atoms. The zero-order valence-electron chi connectivity index (χ0n) is 19.1. The number of piperazine rings is 1. The highest BCUT2D eigenvalue weighted by Gasteiger charge is 2.36. The van der Waals surface area contributed by atoms with Crippen LogP contribution in [0.2, 0.25) is 5.02 Å². The molecular formula is C24H26ClF3N2O4. The van der Waals surface area contributed by atoms with Crippen molar-refractivity contribution < 1.29 is 32.2 Å². The molecule has 1 heterocycles. The van der Waals surface area contributed by atoms with Gasteiger partial charge >= 0.3 is 6.18 Å². The molecule has 0 atom stereocenters. The molecule has 0 bridgehead atoms. The number of ether oxygens (including phenoxy) is 2. The molecule has 0 aliphatic carbocycles. The number of hydrogen-bond acceptors (Lipinski definition) is 4. The maximum Gasteiger partial charge on any atom is 0.417 e. The normalized spacial score (nSPS) is 14.4. The highest BCUT2D eigenvalue weighted by Crippen LogP contribution is 2.37. The summed E-state index contributed by atoms with van der Waals surface area (Å²) in [6.45, 7) is 4.97. The number of carbonyl (C=O) groups excluding carboxylic acids is 2. The standard InChI is InChI=1S/C24H26ClF3N2O4/c1-15(2)14-34-21-19(25)12-16(13-20(21)33-3)22(31)29-8-10-30(11-9-29)23(32)17-6-4-5-7-18(17)24(26,27)28/h4-7,12-13,15H,8-11,14H2,1-3H3. The third-order valence-corrected chi connectivity index (χ3v) is 5.64. The number of nitrogens with zero attached hydrogens (tertiary/aromatic N) is 2. The first-order valence-electron chi connectivity index (χ1n) is 10.8. The molecule has 1 saturated heterocycles. The van der Waals surface area contributed by atoms with Gasteiger partial charge in [-0.05, 0) is 30.2 Å². The lowest BCUT2D eigenvalue weighted by Gasteiger charge is -2.35. The first-order valence-corrected chi connectivity index (χ1v) is 11.2. The van der Waals surface area contributed by atoms with Gasteiger partial charge in [-0.1, -0.05) is 37.6 Å². The maximum absolute atomic E-state index is 13.3. The van der Waals surface area contributed by atoms with Crippen LogP contribution in [-0.2, 0) is 6.18 Å². The minimum atomic E-state index is -4.63. The third kappa shape index (κ3) is 5.75. The van der Waals surface area contributed by atoms with Crippen LogP contribution in [0.5, 0.6) is 11.5 Å². The summed E-state index contributed by atoms with van der Waals surface area (Å²) in [5, 5.41) is 0.237. The van der Waals surface area contributed by atoms with Crippen LogP contribution < -0.4 is 9.47 Å². The van der Waals surface area contributed by atoms with Crippen molar-refractivity contribution in [3.05, 3.63) is 58.1 Å². The van der Waals surface area contributed by atoms with Crippen LogP contribution in [-0.4, -0.2) is 61.5 Å². The summed E-state index contributed by atoms with van der Waals surface area (Å²) in [5.74, 6) is -0.0822. The molecule has 0 N–H and O–H groups in total. The van der Waals surface area contributed by atoms with E-state index < -0.39 is 23.2 Å². The molecule has 2 amide bonds. The Labute approximate surface area is 201 Å². The van der Waals surface area contributed by atoms with E-state index in [1.807, 2.05) is 13.8 Å². The van der Waals surface area contributed by atoms with Gasteiger partial charge < -0.3 is 19.3 Å². The minimum Gasteiger partial charge on any atom is -0.493 e. The van der Waals surface area contributed by atoms with Crippen molar-refractivity contribution in [2.45, 2.75) is 20.0 Å². The second-order valence-corrected chi connectivity index (χ2v) is 8.73. The summed E-state index contributed by atoms with van der Waals surface area (Å²) < 4.78 is 50.9. The van der Waals surface area contributed by atoms with Gasteiger partial charge in [-0.2, -0.15) is 13.2 Å². The van der Waals surface area contributed by atoms with Crippen LogP contribution in [0, 0.1) is 5.92 Å². The molecular weight excluding hydrogens is 473 g/mol. The zero-order valence-corrected chi connectivity index (χ0v) is 19.9. The molecule has 1 aliphatic rings. The largest absolute Gasteiger partial charge is 0.493 e. The lowest BCUT2D eigenvalue weighted by molar-refractivity contribution is -0.138. The van der Waals surface area contributed by atoms with Gasteiger partial charge in [-0.25, -0.2) is 0 Å². The van der Waals surface area contributed by atoms with Crippen LogP contribution in [0.25, 0.3) is 0 Å². The van der Waals surface area contributed by atoms with Crippen LogP contribution >= 0.6 is 11.6 Å². The van der Waals surface area contributed by atoms with Gasteiger partial charge in [0, 0.05) is 31.7 Å². The number of hydrogen-bond donors (Lipinski definition) is 0. The third-order valence-electron chi connectivity index (χ3n) is 5.35. The lowest BCUT2D eigenvalue weighted by atomic mass is 10.1. The number of benzene rings is 2. The summed E-state index contributed by atoms with van der Waals surface area (Å²) in [5.41, 5.74) is -1.08. The Morgan fingerprint density at radius 2 is 1.62 bits per heavy atom. The topological polar surface area (TPSA) is 59.1 Å². The number of alkyl halides is 3. The van der Waals surface area contributed by atoms with Crippen molar-refractivity contribution in [1.82, 2.24) is 9.80 Å². The number of carbonyl (C=O) groups is 2. The average molecular weight is 499 g/mol. The van der Waals surface area contributed by atoms with Gasteiger partial charge in [0.1, 0.15) is 0 Å². The quantitative estimate of drug-likeness (QED) is 0.562. The van der Waals surface area contributed by atoms with Gasteiger partial charge in [0.25, 0.3) is 11.8 Å². The number of rotatable bonds is 6. The second kappa shape index (κ2) is 10.5. The van der Waals surface area contributed by atoms with Gasteiger partial charge in [-0.15, -0.1) is 0 Å². The average Bonchev–Trinajstić information content (AvgIpc) is 2.81. The van der Waals surface area contributed by atoms with Crippen LogP contribution in [0.1, 0.15) is 40.1 Å². The molecule has 184 valence electrons. The van der Waals surface area contributed by atoms with E-state index in [9.17, 15) is 22.8 Å². The molecule has 3 rings (SSSR count). The summed E-state index contributed by atoms with van der Waals surface area (Å²) in [6, 6.07) is 7.74. The summed E-state index contributed by atoms with van der Waals surface area (Å²) >= 11 is 6.34. The molecule has 2 aromatic rings. The highest BCUT2D eigenvalue weighted by molar-refractivity contribution is 6.32. The van der Waals surface area contributed by atoms with Crippen LogP contribution in [0.15, 0.2) is 36.4 Å². The van der Waals surface area contributed by atoms with Crippen molar-refractivity contribution in [3.63, 3.8) is 0 Å².